The fourth-order valence-corrected chi connectivity index (χ4v) is 4.54. The maximum absolute atomic E-state index is 6.42. The van der Waals surface area contributed by atoms with Crippen molar-refractivity contribution in [3.8, 4) is 22.6 Å². The van der Waals surface area contributed by atoms with E-state index in [1.165, 1.54) is 11.1 Å². The zero-order chi connectivity index (χ0) is 23.1. The quantitative estimate of drug-likeness (QED) is 0.389. The minimum atomic E-state index is 0.516. The van der Waals surface area contributed by atoms with Crippen LogP contribution in [-0.2, 0) is 20.0 Å². The fourth-order valence-electron chi connectivity index (χ4n) is 4.35. The summed E-state index contributed by atoms with van der Waals surface area (Å²) in [5.74, 6) is 1.59. The van der Waals surface area contributed by atoms with Gasteiger partial charge in [-0.1, -0.05) is 42.8 Å². The highest BCUT2D eigenvalue weighted by Crippen LogP contribution is 2.34. The van der Waals surface area contributed by atoms with Crippen LogP contribution < -0.4 is 0 Å². The van der Waals surface area contributed by atoms with E-state index in [4.69, 9.17) is 21.6 Å². The van der Waals surface area contributed by atoms with E-state index in [9.17, 15) is 0 Å². The highest BCUT2D eigenvalue weighted by atomic mass is 35.5. The number of halogens is 1. The summed E-state index contributed by atoms with van der Waals surface area (Å²) in [7, 11) is 1.93. The summed E-state index contributed by atoms with van der Waals surface area (Å²) in [6, 6.07) is 12.4. The molecule has 0 aliphatic rings. The number of tetrazole rings is 1. The van der Waals surface area contributed by atoms with Crippen LogP contribution in [-0.4, -0.2) is 39.7 Å². The lowest BCUT2D eigenvalue weighted by atomic mass is 10.1. The van der Waals surface area contributed by atoms with Gasteiger partial charge < -0.3 is 9.13 Å². The number of benzene rings is 1. The number of H-pyrrole nitrogens is 1. The van der Waals surface area contributed by atoms with Crippen molar-refractivity contribution in [1.82, 2.24) is 39.7 Å². The number of nitrogens with zero attached hydrogens (tertiary/aromatic N) is 7. The molecule has 0 aliphatic heterocycles. The van der Waals surface area contributed by atoms with Gasteiger partial charge in [0.25, 0.3) is 0 Å². The van der Waals surface area contributed by atoms with Crippen LogP contribution in [0.3, 0.4) is 0 Å². The van der Waals surface area contributed by atoms with Gasteiger partial charge in [-0.05, 0) is 54.3 Å². The van der Waals surface area contributed by atoms with Gasteiger partial charge in [0.15, 0.2) is 5.65 Å². The first-order chi connectivity index (χ1) is 16.0. The topological polar surface area (TPSA) is 90.1 Å². The van der Waals surface area contributed by atoms with E-state index >= 15 is 0 Å². The van der Waals surface area contributed by atoms with Gasteiger partial charge in [-0.2, -0.15) is 5.21 Å². The lowest BCUT2D eigenvalue weighted by Crippen LogP contribution is -2.06. The largest absolute Gasteiger partial charge is 0.334 e. The molecule has 0 unspecified atom stereocenters. The minimum Gasteiger partial charge on any atom is -0.334 e. The third kappa shape index (κ3) is 3.80. The van der Waals surface area contributed by atoms with Crippen LogP contribution in [0.2, 0.25) is 5.15 Å². The molecule has 5 rings (SSSR count). The molecule has 0 radical (unpaired) electrons. The predicted octanol–water partition coefficient (Wildman–Crippen LogP) is 4.89. The number of hydrogen-bond donors (Lipinski definition) is 1. The summed E-state index contributed by atoms with van der Waals surface area (Å²) >= 11 is 6.42. The Labute approximate surface area is 196 Å². The van der Waals surface area contributed by atoms with Crippen molar-refractivity contribution in [2.75, 3.05) is 0 Å². The third-order valence-corrected chi connectivity index (χ3v) is 6.27. The lowest BCUT2D eigenvalue weighted by molar-refractivity contribution is 0.716. The molecule has 0 atom stereocenters. The van der Waals surface area contributed by atoms with Gasteiger partial charge in [-0.3, -0.25) is 0 Å². The predicted molar refractivity (Wildman–Crippen MR) is 129 cm³/mol. The molecule has 4 aromatic heterocycles. The first-order valence-electron chi connectivity index (χ1n) is 11.0. The summed E-state index contributed by atoms with van der Waals surface area (Å²) in [4.78, 5) is 9.73. The summed E-state index contributed by atoms with van der Waals surface area (Å²) in [5, 5.41) is 15.1. The van der Waals surface area contributed by atoms with Gasteiger partial charge in [0, 0.05) is 19.2 Å². The number of aromatic amines is 1. The Morgan fingerprint density at radius 1 is 1.06 bits per heavy atom. The van der Waals surface area contributed by atoms with Gasteiger partial charge in [0.05, 0.1) is 17.8 Å². The van der Waals surface area contributed by atoms with Crippen LogP contribution in [0.4, 0.5) is 0 Å². The Morgan fingerprint density at radius 2 is 1.85 bits per heavy atom. The lowest BCUT2D eigenvalue weighted by Gasteiger charge is -2.11. The molecule has 0 bridgehead atoms. The molecule has 0 amide bonds. The number of imidazole rings is 1. The highest BCUT2D eigenvalue weighted by molar-refractivity contribution is 6.30. The monoisotopic (exact) mass is 460 g/mol. The molecule has 5 aromatic rings. The number of rotatable bonds is 6. The van der Waals surface area contributed by atoms with Gasteiger partial charge in [-0.25, -0.2) is 9.97 Å². The first-order valence-corrected chi connectivity index (χ1v) is 11.4. The Hall–Kier alpha value is -3.52. The molecule has 1 N–H and O–H groups in total. The van der Waals surface area contributed by atoms with Crippen LogP contribution in [0.25, 0.3) is 33.8 Å². The second kappa shape index (κ2) is 8.44. The van der Waals surface area contributed by atoms with Crippen molar-refractivity contribution in [3.63, 3.8) is 0 Å². The van der Waals surface area contributed by atoms with Gasteiger partial charge >= 0.3 is 0 Å². The molecule has 0 aliphatic carbocycles. The highest BCUT2D eigenvalue weighted by Gasteiger charge is 2.19. The zero-order valence-electron chi connectivity index (χ0n) is 19.1. The molecule has 8 nitrogen and oxygen atoms in total. The smallest absolute Gasteiger partial charge is 0.206 e. The van der Waals surface area contributed by atoms with Crippen molar-refractivity contribution in [2.45, 2.75) is 40.2 Å². The van der Waals surface area contributed by atoms with Crippen LogP contribution in [0.15, 0.2) is 36.4 Å². The Kier molecular flexibility index (Phi) is 5.46. The molecule has 168 valence electrons. The molecule has 1 aromatic carbocycles. The zero-order valence-corrected chi connectivity index (χ0v) is 19.8. The number of hydrogen-bond acceptors (Lipinski definition) is 5. The standard InChI is InChI=1S/C24H25ClN8/c1-5-6-20-27-21-14(2)11-15(3)26-24(21)33(20)13-16-7-9-17(10-8-16)22-18(12-19(25)32(22)4)23-28-30-31-29-23/h7-12H,5-6,13H2,1-4H3,(H,28,29,30,31). The molecule has 0 saturated heterocycles. The van der Waals surface area contributed by atoms with E-state index in [0.717, 1.165) is 52.3 Å². The number of fused-ring (bicyclic) bond motifs is 1. The number of aromatic nitrogens is 8. The average molecular weight is 461 g/mol. The number of pyridine rings is 1. The Bertz CT molecular complexity index is 1430. The van der Waals surface area contributed by atoms with Crippen LogP contribution in [0.5, 0.6) is 0 Å². The summed E-state index contributed by atoms with van der Waals surface area (Å²) in [6.07, 6.45) is 1.95. The summed E-state index contributed by atoms with van der Waals surface area (Å²) in [5.41, 5.74) is 8.11. The molecule has 0 spiro atoms. The van der Waals surface area contributed by atoms with E-state index in [2.05, 4.69) is 69.4 Å². The normalized spacial score (nSPS) is 11.5. The third-order valence-electron chi connectivity index (χ3n) is 5.90. The molecule has 9 heteroatoms. The fraction of sp³-hybridized carbons (Fsp3) is 0.292. The SMILES string of the molecule is CCCc1nc2c(C)cc(C)nc2n1Cc1ccc(-c2c(-c3nn[nH]n3)cc(Cl)n2C)cc1. The van der Waals surface area contributed by atoms with E-state index in [-0.39, 0.29) is 0 Å². The van der Waals surface area contributed by atoms with Crippen molar-refractivity contribution < 1.29 is 0 Å². The molecular weight excluding hydrogens is 436 g/mol. The molecule has 4 heterocycles. The molecule has 33 heavy (non-hydrogen) atoms. The van der Waals surface area contributed by atoms with Gasteiger partial charge in [0.2, 0.25) is 5.82 Å². The Morgan fingerprint density at radius 3 is 2.55 bits per heavy atom. The van der Waals surface area contributed by atoms with Gasteiger partial charge in [0.1, 0.15) is 16.5 Å². The molecule has 0 fully saturated rings. The average Bonchev–Trinajstić information content (AvgIpc) is 3.50. The maximum Gasteiger partial charge on any atom is 0.206 e. The van der Waals surface area contributed by atoms with Crippen LogP contribution >= 0.6 is 11.6 Å². The molecular formula is C24H25ClN8. The minimum absolute atomic E-state index is 0.516. The summed E-state index contributed by atoms with van der Waals surface area (Å²) < 4.78 is 4.18. The van der Waals surface area contributed by atoms with Crippen LogP contribution in [0, 0.1) is 13.8 Å². The second-order valence-electron chi connectivity index (χ2n) is 8.34. The van der Waals surface area contributed by atoms with E-state index in [1.807, 2.05) is 24.6 Å². The van der Waals surface area contributed by atoms with Crippen molar-refractivity contribution in [2.24, 2.45) is 7.05 Å². The Balaban J connectivity index is 1.53. The molecule has 0 saturated carbocycles. The van der Waals surface area contributed by atoms with Crippen LogP contribution in [0.1, 0.15) is 36.0 Å². The number of nitrogens with one attached hydrogen (secondary N) is 1. The van der Waals surface area contributed by atoms with Gasteiger partial charge in [-0.15, -0.1) is 10.2 Å². The van der Waals surface area contributed by atoms with E-state index in [1.54, 1.807) is 0 Å². The maximum atomic E-state index is 6.42. The first kappa shape index (κ1) is 21.3. The van der Waals surface area contributed by atoms with Crippen molar-refractivity contribution in [1.29, 1.82) is 0 Å². The number of aryl methyl sites for hydroxylation is 3. The van der Waals surface area contributed by atoms with E-state index < -0.39 is 0 Å². The summed E-state index contributed by atoms with van der Waals surface area (Å²) in [6.45, 7) is 7.03. The second-order valence-corrected chi connectivity index (χ2v) is 8.72. The van der Waals surface area contributed by atoms with E-state index in [0.29, 0.717) is 17.5 Å². The van der Waals surface area contributed by atoms with Crippen molar-refractivity contribution in [3.05, 3.63) is 64.2 Å². The van der Waals surface area contributed by atoms with Crippen molar-refractivity contribution >= 4 is 22.8 Å².